The van der Waals surface area contributed by atoms with Crippen molar-refractivity contribution < 1.29 is 4.74 Å². The van der Waals surface area contributed by atoms with Gasteiger partial charge in [0.25, 0.3) is 0 Å². The number of hydrogen-bond donors (Lipinski definition) is 1. The topological polar surface area (TPSA) is 48.1 Å². The molecule has 0 fully saturated rings. The van der Waals surface area contributed by atoms with Crippen molar-refractivity contribution in [3.8, 4) is 10.4 Å². The molecule has 0 amide bonds. The van der Waals surface area contributed by atoms with Crippen LogP contribution in [0.4, 0.5) is 0 Å². The van der Waals surface area contributed by atoms with Gasteiger partial charge in [0.2, 0.25) is 0 Å². The Morgan fingerprint density at radius 3 is 3.15 bits per heavy atom. The first-order valence-corrected chi connectivity index (χ1v) is 8.07. The second-order valence-corrected chi connectivity index (χ2v) is 6.09. The Kier molecular flexibility index (Phi) is 4.15. The summed E-state index contributed by atoms with van der Waals surface area (Å²) < 4.78 is 6.02. The summed E-state index contributed by atoms with van der Waals surface area (Å²) in [4.78, 5) is 5.43. The minimum atomic E-state index is 0.0189. The quantitative estimate of drug-likeness (QED) is 0.939. The Bertz CT molecular complexity index is 568. The van der Waals surface area contributed by atoms with Crippen molar-refractivity contribution in [3.05, 3.63) is 41.0 Å². The molecule has 106 valence electrons. The molecular weight excluding hydrogens is 268 g/mol. The zero-order valence-electron chi connectivity index (χ0n) is 11.7. The third kappa shape index (κ3) is 2.51. The molecule has 1 aromatic carbocycles. The van der Waals surface area contributed by atoms with Gasteiger partial charge in [-0.1, -0.05) is 25.1 Å². The van der Waals surface area contributed by atoms with Gasteiger partial charge >= 0.3 is 0 Å². The Labute approximate surface area is 123 Å². The molecule has 2 heterocycles. The molecule has 1 aromatic heterocycles. The van der Waals surface area contributed by atoms with E-state index in [4.69, 9.17) is 10.5 Å². The highest BCUT2D eigenvalue weighted by Crippen LogP contribution is 2.36. The first-order valence-electron chi connectivity index (χ1n) is 7.19. The molecule has 1 aliphatic rings. The normalized spacial score (nSPS) is 20.2. The number of aromatic nitrogens is 1. The molecule has 0 radical (unpaired) electrons. The molecule has 3 nitrogen and oxygen atoms in total. The molecule has 0 aliphatic carbocycles. The molecule has 1 aliphatic heterocycles. The lowest BCUT2D eigenvalue weighted by Gasteiger charge is -2.24. The molecule has 2 atom stereocenters. The molecular formula is C16H20N2OS. The van der Waals surface area contributed by atoms with Crippen molar-refractivity contribution in [2.24, 2.45) is 5.73 Å². The zero-order chi connectivity index (χ0) is 13.9. The Morgan fingerprint density at radius 1 is 1.50 bits per heavy atom. The first-order chi connectivity index (χ1) is 9.81. The van der Waals surface area contributed by atoms with E-state index in [-0.39, 0.29) is 12.1 Å². The highest BCUT2D eigenvalue weighted by molar-refractivity contribution is 7.13. The van der Waals surface area contributed by atoms with Crippen molar-refractivity contribution in [1.29, 1.82) is 0 Å². The van der Waals surface area contributed by atoms with Crippen molar-refractivity contribution in [1.82, 2.24) is 4.98 Å². The second-order valence-electron chi connectivity index (χ2n) is 5.21. The van der Waals surface area contributed by atoms with Gasteiger partial charge in [0.05, 0.1) is 16.5 Å². The molecule has 2 N–H and O–H groups in total. The lowest BCUT2D eigenvalue weighted by Crippen LogP contribution is -2.29. The maximum absolute atomic E-state index is 6.27. The van der Waals surface area contributed by atoms with Crippen LogP contribution in [-0.4, -0.2) is 17.6 Å². The highest BCUT2D eigenvalue weighted by atomic mass is 32.1. The fraction of sp³-hybridized carbons (Fsp3) is 0.438. The summed E-state index contributed by atoms with van der Waals surface area (Å²) in [5.74, 6) is 0. The summed E-state index contributed by atoms with van der Waals surface area (Å²) in [5, 5.41) is 0. The van der Waals surface area contributed by atoms with Crippen LogP contribution in [0.5, 0.6) is 0 Å². The van der Waals surface area contributed by atoms with Crippen LogP contribution < -0.4 is 5.73 Å². The average molecular weight is 288 g/mol. The summed E-state index contributed by atoms with van der Waals surface area (Å²) in [6, 6.07) is 6.53. The van der Waals surface area contributed by atoms with Crippen molar-refractivity contribution in [2.45, 2.75) is 38.3 Å². The van der Waals surface area contributed by atoms with Gasteiger partial charge < -0.3 is 10.5 Å². The number of fused-ring (bicyclic) bond motifs is 1. The summed E-state index contributed by atoms with van der Waals surface area (Å²) >= 11 is 1.69. The molecule has 0 saturated carbocycles. The predicted molar refractivity (Wildman–Crippen MR) is 82.8 cm³/mol. The third-order valence-electron chi connectivity index (χ3n) is 3.95. The summed E-state index contributed by atoms with van der Waals surface area (Å²) in [5.41, 5.74) is 12.1. The molecule has 0 bridgehead atoms. The fourth-order valence-electron chi connectivity index (χ4n) is 2.85. The number of nitrogens with zero attached hydrogens (tertiary/aromatic N) is 1. The Hall–Kier alpha value is -1.23. The summed E-state index contributed by atoms with van der Waals surface area (Å²) in [7, 11) is 0. The maximum Gasteiger partial charge on any atom is 0.0978 e. The lowest BCUT2D eigenvalue weighted by atomic mass is 9.91. The lowest BCUT2D eigenvalue weighted by molar-refractivity contribution is 0.0373. The Morgan fingerprint density at radius 2 is 2.40 bits per heavy atom. The van der Waals surface area contributed by atoms with E-state index in [2.05, 4.69) is 30.1 Å². The van der Waals surface area contributed by atoms with Crippen molar-refractivity contribution in [3.63, 3.8) is 0 Å². The number of rotatable bonds is 3. The average Bonchev–Trinajstić information content (AvgIpc) is 2.92. The van der Waals surface area contributed by atoms with E-state index in [0.717, 1.165) is 25.9 Å². The van der Waals surface area contributed by atoms with Gasteiger partial charge in [-0.25, -0.2) is 0 Å². The van der Waals surface area contributed by atoms with Gasteiger partial charge in [-0.15, -0.1) is 11.3 Å². The van der Waals surface area contributed by atoms with Crippen molar-refractivity contribution in [2.75, 3.05) is 6.61 Å². The SMILES string of the molecule is CCC(N)C1OCCCc2c(-c3cncs3)cccc21. The van der Waals surface area contributed by atoms with Crippen LogP contribution in [0.1, 0.15) is 37.0 Å². The second kappa shape index (κ2) is 6.04. The van der Waals surface area contributed by atoms with Crippen LogP contribution in [0.3, 0.4) is 0 Å². The van der Waals surface area contributed by atoms with E-state index in [1.165, 1.54) is 21.6 Å². The van der Waals surface area contributed by atoms with Gasteiger partial charge in [0.1, 0.15) is 0 Å². The van der Waals surface area contributed by atoms with Crippen LogP contribution in [0, 0.1) is 0 Å². The van der Waals surface area contributed by atoms with Crippen LogP contribution >= 0.6 is 11.3 Å². The maximum atomic E-state index is 6.27. The van der Waals surface area contributed by atoms with Crippen LogP contribution in [0.2, 0.25) is 0 Å². The highest BCUT2D eigenvalue weighted by Gasteiger charge is 2.26. The van der Waals surface area contributed by atoms with Gasteiger partial charge in [0.15, 0.2) is 0 Å². The third-order valence-corrected chi connectivity index (χ3v) is 4.75. The minimum absolute atomic E-state index is 0.0189. The van der Waals surface area contributed by atoms with E-state index in [1.807, 2.05) is 11.7 Å². The summed E-state index contributed by atoms with van der Waals surface area (Å²) in [6.45, 7) is 2.90. The van der Waals surface area contributed by atoms with E-state index in [9.17, 15) is 0 Å². The van der Waals surface area contributed by atoms with Gasteiger partial charge in [-0.05, 0) is 36.0 Å². The molecule has 20 heavy (non-hydrogen) atoms. The zero-order valence-corrected chi connectivity index (χ0v) is 12.5. The summed E-state index contributed by atoms with van der Waals surface area (Å²) in [6.07, 6.45) is 4.99. The predicted octanol–water partition coefficient (Wildman–Crippen LogP) is 3.55. The largest absolute Gasteiger partial charge is 0.372 e. The molecule has 3 rings (SSSR count). The molecule has 2 aromatic rings. The van der Waals surface area contributed by atoms with Crippen LogP contribution in [-0.2, 0) is 11.2 Å². The van der Waals surface area contributed by atoms with E-state index in [0.29, 0.717) is 0 Å². The van der Waals surface area contributed by atoms with E-state index < -0.39 is 0 Å². The standard InChI is InChI=1S/C16H20N2OS/c1-2-14(17)16-13-6-3-5-12(15-9-18-10-20-15)11(13)7-4-8-19-16/h3,5-6,9-10,14,16H,2,4,7-8,17H2,1H3. The van der Waals surface area contributed by atoms with E-state index in [1.54, 1.807) is 11.3 Å². The van der Waals surface area contributed by atoms with Crippen molar-refractivity contribution >= 4 is 11.3 Å². The van der Waals surface area contributed by atoms with Crippen LogP contribution in [0.15, 0.2) is 29.9 Å². The monoisotopic (exact) mass is 288 g/mol. The molecule has 2 unspecified atom stereocenters. The fourth-order valence-corrected chi connectivity index (χ4v) is 3.52. The molecule has 4 heteroatoms. The smallest absolute Gasteiger partial charge is 0.0978 e. The number of thiazole rings is 1. The number of ether oxygens (including phenoxy) is 1. The van der Waals surface area contributed by atoms with E-state index >= 15 is 0 Å². The first kappa shape index (κ1) is 13.7. The number of benzene rings is 1. The number of nitrogens with two attached hydrogens (primary N) is 1. The molecule has 0 spiro atoms. The van der Waals surface area contributed by atoms with Gasteiger partial charge in [-0.3, -0.25) is 4.98 Å². The van der Waals surface area contributed by atoms with Crippen LogP contribution in [0.25, 0.3) is 10.4 Å². The number of hydrogen-bond acceptors (Lipinski definition) is 4. The molecule has 0 saturated heterocycles. The Balaban J connectivity index is 2.09. The minimum Gasteiger partial charge on any atom is -0.372 e. The van der Waals surface area contributed by atoms with Gasteiger partial charge in [0, 0.05) is 18.8 Å². The van der Waals surface area contributed by atoms with Gasteiger partial charge in [-0.2, -0.15) is 0 Å².